The third-order valence-electron chi connectivity index (χ3n) is 2.62. The van der Waals surface area contributed by atoms with Crippen LogP contribution in [0.25, 0.3) is 0 Å². The Kier molecular flexibility index (Phi) is 1.84. The molecule has 1 aliphatic rings. The summed E-state index contributed by atoms with van der Waals surface area (Å²) >= 11 is 0. The van der Waals surface area contributed by atoms with E-state index in [2.05, 4.69) is 5.10 Å². The summed E-state index contributed by atoms with van der Waals surface area (Å²) in [5, 5.41) is 12.3. The van der Waals surface area contributed by atoms with Gasteiger partial charge < -0.3 is 0 Å². The van der Waals surface area contributed by atoms with Crippen molar-refractivity contribution in [1.82, 2.24) is 9.78 Å². The van der Waals surface area contributed by atoms with Crippen LogP contribution in [-0.2, 0) is 18.6 Å². The first-order valence-corrected chi connectivity index (χ1v) is 4.42. The second-order valence-electron chi connectivity index (χ2n) is 3.73. The van der Waals surface area contributed by atoms with E-state index in [-0.39, 0.29) is 0 Å². The van der Waals surface area contributed by atoms with Crippen molar-refractivity contribution in [3.8, 4) is 6.07 Å². The summed E-state index contributed by atoms with van der Waals surface area (Å²) in [4.78, 5) is 0. The van der Waals surface area contributed by atoms with Crippen LogP contribution in [0.3, 0.4) is 0 Å². The molecule has 0 amide bonds. The fourth-order valence-electron chi connectivity index (χ4n) is 1.60. The number of hydrogen-bond donors (Lipinski definition) is 0. The predicted molar refractivity (Wildman–Crippen MR) is 44.7 cm³/mol. The molecule has 0 aliphatic heterocycles. The zero-order valence-corrected chi connectivity index (χ0v) is 7.97. The fraction of sp³-hybridized carbons (Fsp3) is 0.556. The largest absolute Gasteiger partial charge is 0.435 e. The van der Waals surface area contributed by atoms with Crippen LogP contribution >= 0.6 is 0 Å². The van der Waals surface area contributed by atoms with E-state index in [9.17, 15) is 13.2 Å². The normalized spacial score (nSPS) is 18.6. The maximum absolute atomic E-state index is 12.3. The predicted octanol–water partition coefficient (Wildman–Crippen LogP) is 1.99. The summed E-state index contributed by atoms with van der Waals surface area (Å²) in [7, 11) is 1.43. The molecule has 0 N–H and O–H groups in total. The Morgan fingerprint density at radius 1 is 1.53 bits per heavy atom. The molecule has 3 nitrogen and oxygen atoms in total. The van der Waals surface area contributed by atoms with Crippen molar-refractivity contribution >= 4 is 0 Å². The lowest BCUT2D eigenvalue weighted by Gasteiger charge is -2.04. The first-order chi connectivity index (χ1) is 6.89. The van der Waals surface area contributed by atoms with Crippen LogP contribution in [0.2, 0.25) is 0 Å². The quantitative estimate of drug-likeness (QED) is 0.718. The van der Waals surface area contributed by atoms with Crippen molar-refractivity contribution < 1.29 is 13.2 Å². The van der Waals surface area contributed by atoms with E-state index in [0.29, 0.717) is 18.5 Å². The second-order valence-corrected chi connectivity index (χ2v) is 3.73. The maximum Gasteiger partial charge on any atom is 0.435 e. The van der Waals surface area contributed by atoms with E-state index in [0.717, 1.165) is 10.7 Å². The maximum atomic E-state index is 12.3. The van der Waals surface area contributed by atoms with Crippen molar-refractivity contribution in [3.05, 3.63) is 17.5 Å². The van der Waals surface area contributed by atoms with Crippen LogP contribution < -0.4 is 0 Å². The van der Waals surface area contributed by atoms with Crippen LogP contribution in [0.1, 0.15) is 24.2 Å². The van der Waals surface area contributed by atoms with Crippen LogP contribution in [-0.4, -0.2) is 9.78 Å². The number of aryl methyl sites for hydroxylation is 1. The number of nitrogens with zero attached hydrogens (tertiary/aromatic N) is 3. The molecule has 0 spiro atoms. The molecule has 0 atom stereocenters. The third kappa shape index (κ3) is 1.48. The molecule has 1 aromatic heterocycles. The Morgan fingerprint density at radius 2 is 2.13 bits per heavy atom. The molecule has 1 heterocycles. The van der Waals surface area contributed by atoms with Crippen molar-refractivity contribution in [3.63, 3.8) is 0 Å². The fourth-order valence-corrected chi connectivity index (χ4v) is 1.60. The Bertz CT molecular complexity index is 434. The number of aromatic nitrogens is 2. The van der Waals surface area contributed by atoms with Gasteiger partial charge in [0.15, 0.2) is 5.69 Å². The summed E-state index contributed by atoms with van der Waals surface area (Å²) < 4.78 is 38.2. The zero-order chi connectivity index (χ0) is 11.3. The highest BCUT2D eigenvalue weighted by molar-refractivity contribution is 5.35. The van der Waals surface area contributed by atoms with Crippen molar-refractivity contribution in [2.75, 3.05) is 0 Å². The Morgan fingerprint density at radius 3 is 2.47 bits per heavy atom. The molecule has 0 unspecified atom stereocenters. The summed E-state index contributed by atoms with van der Waals surface area (Å²) in [5.41, 5.74) is -1.30. The molecule has 6 heteroatoms. The highest BCUT2D eigenvalue weighted by Gasteiger charge is 2.49. The van der Waals surface area contributed by atoms with Gasteiger partial charge in [-0.05, 0) is 18.9 Å². The van der Waals surface area contributed by atoms with Gasteiger partial charge in [-0.2, -0.15) is 23.5 Å². The number of hydrogen-bond acceptors (Lipinski definition) is 2. The van der Waals surface area contributed by atoms with E-state index in [1.54, 1.807) is 0 Å². The van der Waals surface area contributed by atoms with Gasteiger partial charge >= 0.3 is 6.18 Å². The average Bonchev–Trinajstić information content (AvgIpc) is 2.82. The number of halogens is 3. The summed E-state index contributed by atoms with van der Waals surface area (Å²) in [6.45, 7) is 0. The lowest BCUT2D eigenvalue weighted by Crippen LogP contribution is -2.09. The summed E-state index contributed by atoms with van der Waals surface area (Å²) in [6.07, 6.45) is -3.22. The SMILES string of the molecule is Cn1nc(C(F)(F)F)cc1C1(C#N)CC1. The third-order valence-corrected chi connectivity index (χ3v) is 2.62. The first-order valence-electron chi connectivity index (χ1n) is 4.42. The number of nitriles is 1. The van der Waals surface area contributed by atoms with Gasteiger partial charge in [0.1, 0.15) is 0 Å². The van der Waals surface area contributed by atoms with Crippen LogP contribution in [0.5, 0.6) is 0 Å². The number of rotatable bonds is 1. The molecular formula is C9H8F3N3. The van der Waals surface area contributed by atoms with E-state index in [1.165, 1.54) is 7.05 Å². The van der Waals surface area contributed by atoms with Gasteiger partial charge in [0.25, 0.3) is 0 Å². The molecule has 1 aromatic rings. The van der Waals surface area contributed by atoms with E-state index in [1.807, 2.05) is 6.07 Å². The molecular weight excluding hydrogens is 207 g/mol. The van der Waals surface area contributed by atoms with Gasteiger partial charge in [-0.1, -0.05) is 0 Å². The lowest BCUT2D eigenvalue weighted by atomic mass is 10.0. The average molecular weight is 215 g/mol. The molecule has 2 rings (SSSR count). The number of alkyl halides is 3. The minimum absolute atomic E-state index is 0.359. The summed E-state index contributed by atoms with van der Waals surface area (Å²) in [6, 6.07) is 3.01. The van der Waals surface area contributed by atoms with Crippen LogP contribution in [0.4, 0.5) is 13.2 Å². The molecule has 0 saturated heterocycles. The highest BCUT2D eigenvalue weighted by atomic mass is 19.4. The van der Waals surface area contributed by atoms with Crippen molar-refractivity contribution in [1.29, 1.82) is 5.26 Å². The van der Waals surface area contributed by atoms with Gasteiger partial charge in [0.05, 0.1) is 17.2 Å². The van der Waals surface area contributed by atoms with Crippen LogP contribution in [0, 0.1) is 11.3 Å². The first kappa shape index (κ1) is 10.0. The Labute approximate surface area is 84.1 Å². The minimum atomic E-state index is -4.44. The summed E-state index contributed by atoms with van der Waals surface area (Å²) in [5.74, 6) is 0. The van der Waals surface area contributed by atoms with Gasteiger partial charge in [-0.15, -0.1) is 0 Å². The second kappa shape index (κ2) is 2.75. The Hall–Kier alpha value is -1.51. The molecule has 1 fully saturated rings. The molecule has 0 radical (unpaired) electrons. The van der Waals surface area contributed by atoms with Gasteiger partial charge in [-0.25, -0.2) is 0 Å². The monoisotopic (exact) mass is 215 g/mol. The van der Waals surface area contributed by atoms with E-state index >= 15 is 0 Å². The molecule has 0 bridgehead atoms. The van der Waals surface area contributed by atoms with Gasteiger partial charge in [0, 0.05) is 7.05 Å². The van der Waals surface area contributed by atoms with Crippen LogP contribution in [0.15, 0.2) is 6.07 Å². The van der Waals surface area contributed by atoms with E-state index in [4.69, 9.17) is 5.26 Å². The minimum Gasteiger partial charge on any atom is -0.270 e. The molecule has 1 saturated carbocycles. The lowest BCUT2D eigenvalue weighted by molar-refractivity contribution is -0.141. The standard InChI is InChI=1S/C9H8F3N3/c1-15-7(8(5-13)2-3-8)4-6(14-15)9(10,11)12/h4H,2-3H2,1H3. The van der Waals surface area contributed by atoms with Gasteiger partial charge in [-0.3, -0.25) is 4.68 Å². The topological polar surface area (TPSA) is 41.6 Å². The Balaban J connectivity index is 2.44. The van der Waals surface area contributed by atoms with Crippen molar-refractivity contribution in [2.24, 2.45) is 7.05 Å². The van der Waals surface area contributed by atoms with E-state index < -0.39 is 17.3 Å². The molecule has 1 aliphatic carbocycles. The smallest absolute Gasteiger partial charge is 0.270 e. The highest BCUT2D eigenvalue weighted by Crippen LogP contribution is 2.48. The zero-order valence-electron chi connectivity index (χ0n) is 7.97. The molecule has 0 aromatic carbocycles. The molecule has 15 heavy (non-hydrogen) atoms. The van der Waals surface area contributed by atoms with Crippen molar-refractivity contribution in [2.45, 2.75) is 24.4 Å². The molecule has 80 valence electrons. The van der Waals surface area contributed by atoms with Gasteiger partial charge in [0.2, 0.25) is 0 Å².